The molecule has 0 radical (unpaired) electrons. The molecule has 3 aromatic rings. The van der Waals surface area contributed by atoms with E-state index in [9.17, 15) is 31.1 Å². The molecular formula is C22H19F6N3O3. The van der Waals surface area contributed by atoms with Crippen LogP contribution in [-0.2, 0) is 12.8 Å². The molecule has 1 fully saturated rings. The quantitative estimate of drug-likeness (QED) is 0.510. The zero-order valence-corrected chi connectivity index (χ0v) is 17.7. The van der Waals surface area contributed by atoms with Crippen molar-refractivity contribution < 1.29 is 40.3 Å². The number of pyridine rings is 1. The number of nitrogens with one attached hydrogen (secondary N) is 1. The third kappa shape index (κ3) is 4.17. The van der Waals surface area contributed by atoms with E-state index in [4.69, 9.17) is 14.9 Å². The summed E-state index contributed by atoms with van der Waals surface area (Å²) in [6, 6.07) is 3.14. The van der Waals surface area contributed by atoms with Gasteiger partial charge in [-0.05, 0) is 26.0 Å². The number of benzene rings is 1. The predicted octanol–water partition coefficient (Wildman–Crippen LogP) is 4.68. The number of halogens is 6. The summed E-state index contributed by atoms with van der Waals surface area (Å²) in [4.78, 5) is 15.4. The van der Waals surface area contributed by atoms with Crippen LogP contribution in [0.25, 0.3) is 11.0 Å². The van der Waals surface area contributed by atoms with Gasteiger partial charge in [0.15, 0.2) is 17.1 Å². The first-order valence-corrected chi connectivity index (χ1v) is 10.2. The number of primary amides is 1. The Morgan fingerprint density at radius 3 is 2.76 bits per heavy atom. The lowest BCUT2D eigenvalue weighted by Gasteiger charge is -2.33. The topological polar surface area (TPSA) is 90.4 Å². The average molecular weight is 487 g/mol. The molecule has 3 N–H and O–H groups in total. The number of aryl methyl sites for hydroxylation is 1. The molecule has 0 spiro atoms. The summed E-state index contributed by atoms with van der Waals surface area (Å²) in [5.41, 5.74) is 2.84. The maximum Gasteiger partial charge on any atom is 0.433 e. The maximum atomic E-state index is 15.0. The van der Waals surface area contributed by atoms with Crippen LogP contribution in [0.5, 0.6) is 5.75 Å². The molecule has 1 atom stereocenters. The summed E-state index contributed by atoms with van der Waals surface area (Å²) < 4.78 is 95.6. The summed E-state index contributed by atoms with van der Waals surface area (Å²) in [5, 5.41) is 2.30. The van der Waals surface area contributed by atoms with Crippen LogP contribution in [0.4, 0.5) is 26.3 Å². The molecule has 12 heteroatoms. The second kappa shape index (κ2) is 8.49. The number of rotatable bonds is 5. The Kier molecular flexibility index (Phi) is 5.96. The molecule has 34 heavy (non-hydrogen) atoms. The number of hydrogen-bond acceptors (Lipinski definition) is 5. The number of nitrogens with two attached hydrogens (primary N) is 1. The summed E-state index contributed by atoms with van der Waals surface area (Å²) in [6.07, 6.45) is -3.96. The second-order valence-corrected chi connectivity index (χ2v) is 7.95. The van der Waals surface area contributed by atoms with Crippen LogP contribution in [0.1, 0.15) is 45.3 Å². The lowest BCUT2D eigenvalue weighted by Crippen LogP contribution is -2.44. The first-order valence-electron chi connectivity index (χ1n) is 10.2. The highest BCUT2D eigenvalue weighted by Crippen LogP contribution is 2.48. The number of fused-ring (bicyclic) bond motifs is 1. The van der Waals surface area contributed by atoms with Crippen LogP contribution >= 0.6 is 0 Å². The van der Waals surface area contributed by atoms with Gasteiger partial charge in [0.2, 0.25) is 0 Å². The predicted molar refractivity (Wildman–Crippen MR) is 108 cm³/mol. The fourth-order valence-corrected chi connectivity index (χ4v) is 4.27. The molecule has 0 aliphatic carbocycles. The molecule has 1 aliphatic heterocycles. The number of hydrogen-bond donors (Lipinski definition) is 2. The van der Waals surface area contributed by atoms with E-state index in [1.54, 1.807) is 0 Å². The number of piperidine rings is 1. The summed E-state index contributed by atoms with van der Waals surface area (Å²) in [5.74, 6) is -7.47. The Morgan fingerprint density at radius 2 is 2.12 bits per heavy atom. The SMILES string of the molecule is Cc1oc2c(F)cc(OCc3cccnc3C(F)(F)F)c(C3CCNCC3(F)F)c2c1C(N)=O. The van der Waals surface area contributed by atoms with Crippen molar-refractivity contribution in [2.75, 3.05) is 13.1 Å². The van der Waals surface area contributed by atoms with Crippen LogP contribution in [0.15, 0.2) is 28.8 Å². The first-order chi connectivity index (χ1) is 15.9. The number of carbonyl (C=O) groups excluding carboxylic acids is 1. The van der Waals surface area contributed by atoms with Gasteiger partial charge in [-0.3, -0.25) is 9.78 Å². The minimum absolute atomic E-state index is 0.0799. The Labute approximate surface area is 189 Å². The van der Waals surface area contributed by atoms with E-state index < -0.39 is 59.9 Å². The number of ether oxygens (including phenoxy) is 1. The Hall–Kier alpha value is -3.28. The molecule has 4 rings (SSSR count). The molecule has 3 heterocycles. The van der Waals surface area contributed by atoms with Crippen molar-refractivity contribution in [3.8, 4) is 5.75 Å². The summed E-state index contributed by atoms with van der Waals surface area (Å²) >= 11 is 0. The van der Waals surface area contributed by atoms with E-state index in [1.807, 2.05) is 0 Å². The van der Waals surface area contributed by atoms with Gasteiger partial charge >= 0.3 is 6.18 Å². The normalized spacial score (nSPS) is 18.3. The molecule has 1 aliphatic rings. The molecule has 0 bridgehead atoms. The van der Waals surface area contributed by atoms with Crippen LogP contribution in [0.2, 0.25) is 0 Å². The van der Waals surface area contributed by atoms with Gasteiger partial charge in [0.05, 0.1) is 18.0 Å². The summed E-state index contributed by atoms with van der Waals surface area (Å²) in [6.45, 7) is 0.0806. The highest BCUT2D eigenvalue weighted by atomic mass is 19.4. The van der Waals surface area contributed by atoms with Crippen molar-refractivity contribution in [3.63, 3.8) is 0 Å². The highest BCUT2D eigenvalue weighted by Gasteiger charge is 2.46. The lowest BCUT2D eigenvalue weighted by molar-refractivity contribution is -0.142. The minimum atomic E-state index is -4.79. The van der Waals surface area contributed by atoms with Gasteiger partial charge in [-0.25, -0.2) is 13.2 Å². The number of carbonyl (C=O) groups is 1. The van der Waals surface area contributed by atoms with E-state index in [-0.39, 0.29) is 40.8 Å². The zero-order valence-electron chi connectivity index (χ0n) is 17.7. The van der Waals surface area contributed by atoms with Crippen LogP contribution < -0.4 is 15.8 Å². The standard InChI is InChI=1S/C22H19F6N3O3/c1-10-15(20(29)32)17-16(12-4-6-30-9-21(12,24)25)14(7-13(23)18(17)34-10)33-8-11-3-2-5-31-19(11)22(26,27)28/h2-3,5,7,12,30H,4,6,8-9H2,1H3,(H2,29,32). The van der Waals surface area contributed by atoms with E-state index in [2.05, 4.69) is 10.3 Å². The van der Waals surface area contributed by atoms with Crippen molar-refractivity contribution in [1.29, 1.82) is 0 Å². The largest absolute Gasteiger partial charge is 0.488 e. The van der Waals surface area contributed by atoms with Crippen LogP contribution in [-0.4, -0.2) is 29.9 Å². The molecule has 182 valence electrons. The number of amides is 1. The van der Waals surface area contributed by atoms with E-state index in [0.29, 0.717) is 0 Å². The van der Waals surface area contributed by atoms with Crippen LogP contribution in [0, 0.1) is 12.7 Å². The van der Waals surface area contributed by atoms with Crippen molar-refractivity contribution in [3.05, 3.63) is 58.4 Å². The number of nitrogens with zero attached hydrogens (tertiary/aromatic N) is 1. The fourth-order valence-electron chi connectivity index (χ4n) is 4.27. The van der Waals surface area contributed by atoms with Crippen molar-refractivity contribution in [1.82, 2.24) is 10.3 Å². The van der Waals surface area contributed by atoms with Gasteiger partial charge in [0.25, 0.3) is 11.8 Å². The van der Waals surface area contributed by atoms with Gasteiger partial charge in [-0.15, -0.1) is 0 Å². The molecule has 1 unspecified atom stereocenters. The monoisotopic (exact) mass is 487 g/mol. The fraction of sp³-hybridized carbons (Fsp3) is 0.364. The molecule has 1 saturated heterocycles. The second-order valence-electron chi connectivity index (χ2n) is 7.95. The molecule has 1 aromatic carbocycles. The minimum Gasteiger partial charge on any atom is -0.488 e. The number of alkyl halides is 5. The Morgan fingerprint density at radius 1 is 1.38 bits per heavy atom. The highest BCUT2D eigenvalue weighted by molar-refractivity contribution is 6.08. The third-order valence-corrected chi connectivity index (χ3v) is 5.71. The zero-order chi connectivity index (χ0) is 24.8. The van der Waals surface area contributed by atoms with Gasteiger partial charge in [0.1, 0.15) is 18.1 Å². The van der Waals surface area contributed by atoms with Gasteiger partial charge in [-0.2, -0.15) is 13.2 Å². The van der Waals surface area contributed by atoms with Crippen molar-refractivity contribution in [2.45, 2.75) is 38.0 Å². The van der Waals surface area contributed by atoms with E-state index in [1.165, 1.54) is 13.0 Å². The third-order valence-electron chi connectivity index (χ3n) is 5.71. The van der Waals surface area contributed by atoms with Gasteiger partial charge < -0.3 is 20.2 Å². The Balaban J connectivity index is 1.91. The molecule has 0 saturated carbocycles. The average Bonchev–Trinajstić information content (AvgIpc) is 3.10. The van der Waals surface area contributed by atoms with Gasteiger partial charge in [-0.1, -0.05) is 6.07 Å². The number of aromatic nitrogens is 1. The maximum absolute atomic E-state index is 15.0. The first kappa shape index (κ1) is 23.9. The lowest BCUT2D eigenvalue weighted by atomic mass is 9.83. The summed E-state index contributed by atoms with van der Waals surface area (Å²) in [7, 11) is 0. The number of furan rings is 1. The Bertz CT molecular complexity index is 1250. The molecule has 2 aromatic heterocycles. The van der Waals surface area contributed by atoms with Crippen LogP contribution in [0.3, 0.4) is 0 Å². The molecule has 1 amide bonds. The smallest absolute Gasteiger partial charge is 0.433 e. The van der Waals surface area contributed by atoms with Gasteiger partial charge in [0, 0.05) is 28.8 Å². The van der Waals surface area contributed by atoms with E-state index in [0.717, 1.165) is 18.3 Å². The molecule has 6 nitrogen and oxygen atoms in total. The van der Waals surface area contributed by atoms with Crippen molar-refractivity contribution >= 4 is 16.9 Å². The van der Waals surface area contributed by atoms with E-state index >= 15 is 0 Å². The van der Waals surface area contributed by atoms with Crippen molar-refractivity contribution in [2.24, 2.45) is 5.73 Å². The molecular weight excluding hydrogens is 468 g/mol.